The van der Waals surface area contributed by atoms with E-state index in [1.807, 2.05) is 20.9 Å². The summed E-state index contributed by atoms with van der Waals surface area (Å²) < 4.78 is 5.11. The van der Waals surface area contributed by atoms with Crippen molar-refractivity contribution in [1.29, 1.82) is 0 Å². The molecule has 0 amide bonds. The smallest absolute Gasteiger partial charge is 0.176 e. The number of rotatable bonds is 5. The largest absolute Gasteiger partial charge is 0.373 e. The van der Waals surface area contributed by atoms with Crippen LogP contribution in [0.3, 0.4) is 0 Å². The first-order valence-corrected chi connectivity index (χ1v) is 7.76. The molecule has 2 heterocycles. The Morgan fingerprint density at radius 1 is 1.21 bits per heavy atom. The third-order valence-electron chi connectivity index (χ3n) is 2.55. The van der Waals surface area contributed by atoms with Crippen LogP contribution in [0.1, 0.15) is 30.6 Å². The minimum Gasteiger partial charge on any atom is -0.373 e. The van der Waals surface area contributed by atoms with Crippen LogP contribution in [-0.2, 0) is 6.42 Å². The molecule has 0 bridgehead atoms. The molecule has 5 nitrogen and oxygen atoms in total. The van der Waals surface area contributed by atoms with E-state index in [1.54, 1.807) is 11.8 Å². The van der Waals surface area contributed by atoms with Gasteiger partial charge >= 0.3 is 0 Å². The standard InChI is InChI=1S/C12H17N5S2/c1-5-6-9-15-10(13-4)7(2)11(16-9)18-12-14-8(3)17-19-12/h5-6H2,1-4H3,(H,13,15,16). The second kappa shape index (κ2) is 6.29. The third-order valence-corrected chi connectivity index (χ3v) is 4.48. The number of anilines is 1. The predicted octanol–water partition coefficient (Wildman–Crippen LogP) is 3.09. The summed E-state index contributed by atoms with van der Waals surface area (Å²) in [6.45, 7) is 6.05. The van der Waals surface area contributed by atoms with Gasteiger partial charge in [-0.25, -0.2) is 15.0 Å². The zero-order valence-electron chi connectivity index (χ0n) is 11.5. The third kappa shape index (κ3) is 3.42. The summed E-state index contributed by atoms with van der Waals surface area (Å²) >= 11 is 2.97. The lowest BCUT2D eigenvalue weighted by Gasteiger charge is -2.10. The van der Waals surface area contributed by atoms with Crippen molar-refractivity contribution in [2.24, 2.45) is 0 Å². The minimum absolute atomic E-state index is 0.807. The highest BCUT2D eigenvalue weighted by atomic mass is 32.2. The fourth-order valence-corrected chi connectivity index (χ4v) is 3.29. The minimum atomic E-state index is 0.807. The summed E-state index contributed by atoms with van der Waals surface area (Å²) in [4.78, 5) is 13.5. The molecule has 0 saturated heterocycles. The maximum atomic E-state index is 4.63. The summed E-state index contributed by atoms with van der Waals surface area (Å²) in [6, 6.07) is 0. The molecule has 0 unspecified atom stereocenters. The van der Waals surface area contributed by atoms with E-state index in [0.717, 1.165) is 45.2 Å². The molecule has 2 aromatic heterocycles. The molecule has 0 aliphatic heterocycles. The quantitative estimate of drug-likeness (QED) is 0.855. The normalized spacial score (nSPS) is 10.7. The zero-order valence-corrected chi connectivity index (χ0v) is 13.2. The van der Waals surface area contributed by atoms with Crippen molar-refractivity contribution in [2.75, 3.05) is 12.4 Å². The zero-order chi connectivity index (χ0) is 13.8. The summed E-state index contributed by atoms with van der Waals surface area (Å²) in [6.07, 6.45) is 1.92. The number of hydrogen-bond donors (Lipinski definition) is 1. The van der Waals surface area contributed by atoms with Crippen LogP contribution in [0.5, 0.6) is 0 Å². The highest BCUT2D eigenvalue weighted by molar-refractivity contribution is 8.00. The van der Waals surface area contributed by atoms with E-state index in [0.29, 0.717) is 0 Å². The van der Waals surface area contributed by atoms with E-state index in [2.05, 4.69) is 31.6 Å². The van der Waals surface area contributed by atoms with Gasteiger partial charge in [0.05, 0.1) is 0 Å². The van der Waals surface area contributed by atoms with Crippen LogP contribution in [0.2, 0.25) is 0 Å². The number of aryl methyl sites for hydroxylation is 2. The van der Waals surface area contributed by atoms with Crippen LogP contribution in [0, 0.1) is 13.8 Å². The topological polar surface area (TPSA) is 63.6 Å². The lowest BCUT2D eigenvalue weighted by atomic mass is 10.3. The summed E-state index contributed by atoms with van der Waals surface area (Å²) in [5.41, 5.74) is 1.06. The SMILES string of the molecule is CCCc1nc(NC)c(C)c(Sc2nc(C)ns2)n1. The first-order chi connectivity index (χ1) is 9.13. The Hall–Kier alpha value is -1.21. The lowest BCUT2D eigenvalue weighted by Crippen LogP contribution is -2.04. The summed E-state index contributed by atoms with van der Waals surface area (Å²) in [7, 11) is 1.88. The molecule has 0 aliphatic rings. The second-order valence-electron chi connectivity index (χ2n) is 4.13. The van der Waals surface area contributed by atoms with E-state index in [4.69, 9.17) is 0 Å². The van der Waals surface area contributed by atoms with Gasteiger partial charge in [0.25, 0.3) is 0 Å². The number of hydrogen-bond acceptors (Lipinski definition) is 7. The molecule has 0 fully saturated rings. The van der Waals surface area contributed by atoms with Crippen molar-refractivity contribution in [3.8, 4) is 0 Å². The Labute approximate surface area is 121 Å². The molecule has 0 radical (unpaired) electrons. The molecule has 0 aromatic carbocycles. The Morgan fingerprint density at radius 3 is 2.58 bits per heavy atom. The monoisotopic (exact) mass is 295 g/mol. The van der Waals surface area contributed by atoms with E-state index >= 15 is 0 Å². The van der Waals surface area contributed by atoms with Crippen LogP contribution in [-0.4, -0.2) is 26.4 Å². The Bertz CT molecular complexity index is 567. The number of nitrogens with zero attached hydrogens (tertiary/aromatic N) is 4. The maximum absolute atomic E-state index is 4.63. The van der Waals surface area contributed by atoms with Crippen molar-refractivity contribution >= 4 is 29.1 Å². The van der Waals surface area contributed by atoms with Crippen molar-refractivity contribution in [1.82, 2.24) is 19.3 Å². The number of aromatic nitrogens is 4. The Balaban J connectivity index is 2.34. The van der Waals surface area contributed by atoms with E-state index in [-0.39, 0.29) is 0 Å². The molecule has 7 heteroatoms. The Morgan fingerprint density at radius 2 is 2.00 bits per heavy atom. The molecule has 0 spiro atoms. The van der Waals surface area contributed by atoms with Crippen LogP contribution in [0.25, 0.3) is 0 Å². The van der Waals surface area contributed by atoms with Crippen LogP contribution in [0.4, 0.5) is 5.82 Å². The fourth-order valence-electron chi connectivity index (χ4n) is 1.62. The van der Waals surface area contributed by atoms with Gasteiger partial charge in [0, 0.05) is 19.0 Å². The molecular formula is C12H17N5S2. The summed E-state index contributed by atoms with van der Waals surface area (Å²) in [5, 5.41) is 4.09. The van der Waals surface area contributed by atoms with Gasteiger partial charge in [0.15, 0.2) is 4.34 Å². The molecule has 0 aliphatic carbocycles. The average Bonchev–Trinajstić information content (AvgIpc) is 2.79. The first kappa shape index (κ1) is 14.2. The molecule has 102 valence electrons. The van der Waals surface area contributed by atoms with Gasteiger partial charge in [-0.3, -0.25) is 0 Å². The van der Waals surface area contributed by atoms with Gasteiger partial charge in [0.1, 0.15) is 22.5 Å². The molecule has 0 saturated carbocycles. The van der Waals surface area contributed by atoms with E-state index in [9.17, 15) is 0 Å². The first-order valence-electron chi connectivity index (χ1n) is 6.17. The van der Waals surface area contributed by atoms with Crippen molar-refractivity contribution in [3.05, 3.63) is 17.2 Å². The van der Waals surface area contributed by atoms with Crippen LogP contribution in [0.15, 0.2) is 9.37 Å². The van der Waals surface area contributed by atoms with Gasteiger partial charge in [-0.2, -0.15) is 4.37 Å². The maximum Gasteiger partial charge on any atom is 0.176 e. The Kier molecular flexibility index (Phi) is 4.71. The van der Waals surface area contributed by atoms with E-state index < -0.39 is 0 Å². The van der Waals surface area contributed by atoms with Gasteiger partial charge in [-0.05, 0) is 43.6 Å². The molecule has 19 heavy (non-hydrogen) atoms. The van der Waals surface area contributed by atoms with Gasteiger partial charge < -0.3 is 5.32 Å². The fraction of sp³-hybridized carbons (Fsp3) is 0.500. The van der Waals surface area contributed by atoms with Crippen LogP contribution >= 0.6 is 23.3 Å². The molecule has 0 atom stereocenters. The van der Waals surface area contributed by atoms with Crippen LogP contribution < -0.4 is 5.32 Å². The highest BCUT2D eigenvalue weighted by Gasteiger charge is 2.13. The van der Waals surface area contributed by atoms with Crippen molar-refractivity contribution in [3.63, 3.8) is 0 Å². The van der Waals surface area contributed by atoms with Gasteiger partial charge in [-0.15, -0.1) is 0 Å². The molecular weight excluding hydrogens is 278 g/mol. The average molecular weight is 295 g/mol. The van der Waals surface area contributed by atoms with Gasteiger partial charge in [0.2, 0.25) is 0 Å². The molecule has 2 aromatic rings. The number of nitrogens with one attached hydrogen (secondary N) is 1. The molecule has 2 rings (SSSR count). The van der Waals surface area contributed by atoms with Crippen molar-refractivity contribution < 1.29 is 0 Å². The highest BCUT2D eigenvalue weighted by Crippen LogP contribution is 2.32. The van der Waals surface area contributed by atoms with E-state index in [1.165, 1.54) is 11.5 Å². The summed E-state index contributed by atoms with van der Waals surface area (Å²) in [5.74, 6) is 2.57. The molecule has 1 N–H and O–H groups in total. The van der Waals surface area contributed by atoms with Crippen molar-refractivity contribution in [2.45, 2.75) is 43.0 Å². The van der Waals surface area contributed by atoms with Gasteiger partial charge in [-0.1, -0.05) is 6.92 Å². The second-order valence-corrected chi connectivity index (χ2v) is 6.12. The lowest BCUT2D eigenvalue weighted by molar-refractivity contribution is 0.803. The predicted molar refractivity (Wildman–Crippen MR) is 79.1 cm³/mol.